The molecule has 106 valence electrons. The lowest BCUT2D eigenvalue weighted by Gasteiger charge is -2.34. The van der Waals surface area contributed by atoms with Crippen molar-refractivity contribution in [3.05, 3.63) is 22.8 Å². The molecule has 2 heterocycles. The first kappa shape index (κ1) is 14.9. The van der Waals surface area contributed by atoms with Gasteiger partial charge < -0.3 is 10.2 Å². The molecule has 1 atom stereocenters. The van der Waals surface area contributed by atoms with E-state index in [2.05, 4.69) is 36.0 Å². The Labute approximate surface area is 125 Å². The summed E-state index contributed by atoms with van der Waals surface area (Å²) >= 11 is 8.40. The molecule has 0 bridgehead atoms. The Kier molecular flexibility index (Phi) is 5.37. The molecule has 0 aromatic carbocycles. The number of rotatable bonds is 4. The van der Waals surface area contributed by atoms with E-state index < -0.39 is 0 Å². The second-order valence-electron chi connectivity index (χ2n) is 5.30. The van der Waals surface area contributed by atoms with E-state index in [-0.39, 0.29) is 0 Å². The van der Waals surface area contributed by atoms with E-state index in [0.29, 0.717) is 12.1 Å². The summed E-state index contributed by atoms with van der Waals surface area (Å²) in [5.74, 6) is 3.23. The molecule has 1 unspecified atom stereocenters. The minimum absolute atomic E-state index is 0.470. The summed E-state index contributed by atoms with van der Waals surface area (Å²) in [6.45, 7) is 8.35. The first-order chi connectivity index (χ1) is 9.08. The van der Waals surface area contributed by atoms with Gasteiger partial charge in [0, 0.05) is 42.9 Å². The lowest BCUT2D eigenvalue weighted by Crippen LogP contribution is -2.41. The van der Waals surface area contributed by atoms with Crippen molar-refractivity contribution in [1.29, 1.82) is 0 Å². The van der Waals surface area contributed by atoms with Crippen LogP contribution in [0, 0.1) is 0 Å². The predicted octanol–water partition coefficient (Wildman–Crippen LogP) is 3.17. The fourth-order valence-electron chi connectivity index (χ4n) is 2.14. The molecule has 0 aliphatic carbocycles. The van der Waals surface area contributed by atoms with Crippen molar-refractivity contribution in [3.63, 3.8) is 0 Å². The molecule has 1 aromatic rings. The number of nitrogens with one attached hydrogen (secondary N) is 1. The lowest BCUT2D eigenvalue weighted by molar-refractivity contribution is 0.587. The molecule has 1 saturated heterocycles. The monoisotopic (exact) mass is 299 g/mol. The van der Waals surface area contributed by atoms with E-state index in [4.69, 9.17) is 11.6 Å². The van der Waals surface area contributed by atoms with Crippen LogP contribution in [0.5, 0.6) is 0 Å². The fourth-order valence-corrected chi connectivity index (χ4v) is 3.45. The number of hydrogen-bond donors (Lipinski definition) is 1. The van der Waals surface area contributed by atoms with E-state index in [9.17, 15) is 0 Å². The van der Waals surface area contributed by atoms with Crippen molar-refractivity contribution in [3.8, 4) is 0 Å². The third-order valence-electron chi connectivity index (χ3n) is 3.23. The minimum Gasteiger partial charge on any atom is -0.351 e. The maximum absolute atomic E-state index is 6.40. The number of thioether (sulfide) groups is 1. The largest absolute Gasteiger partial charge is 0.351 e. The smallest absolute Gasteiger partial charge is 0.147 e. The number of aromatic nitrogens is 1. The summed E-state index contributed by atoms with van der Waals surface area (Å²) in [7, 11) is 0. The maximum atomic E-state index is 6.40. The minimum atomic E-state index is 0.470. The van der Waals surface area contributed by atoms with Gasteiger partial charge in [0.25, 0.3) is 0 Å². The van der Waals surface area contributed by atoms with Crippen LogP contribution in [0.2, 0.25) is 5.02 Å². The number of anilines is 1. The molecular weight excluding hydrogens is 278 g/mol. The summed E-state index contributed by atoms with van der Waals surface area (Å²) in [6, 6.07) is 3.01. The number of nitrogens with zero attached hydrogens (tertiary/aromatic N) is 2. The van der Waals surface area contributed by atoms with Crippen molar-refractivity contribution < 1.29 is 0 Å². The molecule has 5 heteroatoms. The number of pyridine rings is 1. The summed E-state index contributed by atoms with van der Waals surface area (Å²) in [4.78, 5) is 6.89. The van der Waals surface area contributed by atoms with E-state index in [0.717, 1.165) is 41.0 Å². The molecule has 1 aliphatic heterocycles. The molecule has 2 rings (SSSR count). The second-order valence-corrected chi connectivity index (χ2v) is 6.86. The highest BCUT2D eigenvalue weighted by atomic mass is 35.5. The zero-order valence-corrected chi connectivity index (χ0v) is 13.4. The number of hydrogen-bond acceptors (Lipinski definition) is 4. The van der Waals surface area contributed by atoms with Gasteiger partial charge in [-0.3, -0.25) is 0 Å². The van der Waals surface area contributed by atoms with Crippen LogP contribution in [0.15, 0.2) is 12.3 Å². The Morgan fingerprint density at radius 2 is 2.37 bits per heavy atom. The van der Waals surface area contributed by atoms with Crippen LogP contribution in [0.1, 0.15) is 26.3 Å². The number of halogens is 1. The average Bonchev–Trinajstić information content (AvgIpc) is 2.38. The van der Waals surface area contributed by atoms with Crippen LogP contribution in [0.3, 0.4) is 0 Å². The van der Waals surface area contributed by atoms with Gasteiger partial charge in [-0.15, -0.1) is 0 Å². The van der Waals surface area contributed by atoms with Crippen LogP contribution in [-0.4, -0.2) is 35.1 Å². The third-order valence-corrected chi connectivity index (χ3v) is 4.70. The van der Waals surface area contributed by atoms with E-state index in [1.165, 1.54) is 0 Å². The van der Waals surface area contributed by atoms with Gasteiger partial charge >= 0.3 is 0 Å². The Morgan fingerprint density at radius 1 is 1.58 bits per heavy atom. The highest BCUT2D eigenvalue weighted by Crippen LogP contribution is 2.29. The topological polar surface area (TPSA) is 28.2 Å². The van der Waals surface area contributed by atoms with Crippen LogP contribution >= 0.6 is 23.4 Å². The van der Waals surface area contributed by atoms with Crippen molar-refractivity contribution in [1.82, 2.24) is 10.3 Å². The molecule has 19 heavy (non-hydrogen) atoms. The Morgan fingerprint density at radius 3 is 3.00 bits per heavy atom. The zero-order valence-electron chi connectivity index (χ0n) is 11.8. The van der Waals surface area contributed by atoms with Gasteiger partial charge in [-0.1, -0.05) is 25.4 Å². The van der Waals surface area contributed by atoms with E-state index in [1.54, 1.807) is 0 Å². The van der Waals surface area contributed by atoms with Gasteiger partial charge in [0.1, 0.15) is 5.82 Å². The predicted molar refractivity (Wildman–Crippen MR) is 85.4 cm³/mol. The van der Waals surface area contributed by atoms with Crippen LogP contribution in [-0.2, 0) is 6.54 Å². The summed E-state index contributed by atoms with van der Waals surface area (Å²) in [5, 5.41) is 4.15. The summed E-state index contributed by atoms with van der Waals surface area (Å²) < 4.78 is 0. The molecule has 1 N–H and O–H groups in total. The first-order valence-electron chi connectivity index (χ1n) is 6.80. The fraction of sp³-hybridized carbons (Fsp3) is 0.643. The van der Waals surface area contributed by atoms with Crippen molar-refractivity contribution >= 4 is 29.2 Å². The molecule has 0 saturated carbocycles. The molecule has 0 amide bonds. The average molecular weight is 300 g/mol. The SMILES string of the molecule is CC(C)NCc1cnc(N2CCSCC2C)c(Cl)c1. The van der Waals surface area contributed by atoms with Gasteiger partial charge in [0.15, 0.2) is 0 Å². The van der Waals surface area contributed by atoms with Crippen LogP contribution in [0.25, 0.3) is 0 Å². The van der Waals surface area contributed by atoms with Gasteiger partial charge in [-0.2, -0.15) is 11.8 Å². The Bertz CT molecular complexity index is 425. The molecule has 0 spiro atoms. The van der Waals surface area contributed by atoms with Crippen LogP contribution < -0.4 is 10.2 Å². The van der Waals surface area contributed by atoms with Crippen molar-refractivity contribution in [2.75, 3.05) is 23.0 Å². The second kappa shape index (κ2) is 6.82. The van der Waals surface area contributed by atoms with E-state index >= 15 is 0 Å². The highest BCUT2D eigenvalue weighted by Gasteiger charge is 2.22. The summed E-state index contributed by atoms with van der Waals surface area (Å²) in [5.41, 5.74) is 1.14. The highest BCUT2D eigenvalue weighted by molar-refractivity contribution is 7.99. The molecular formula is C14H22ClN3S. The first-order valence-corrected chi connectivity index (χ1v) is 8.33. The van der Waals surface area contributed by atoms with Gasteiger partial charge in [0.05, 0.1) is 5.02 Å². The van der Waals surface area contributed by atoms with E-state index in [1.807, 2.05) is 24.0 Å². The molecule has 1 fully saturated rings. The summed E-state index contributed by atoms with van der Waals surface area (Å²) in [6.07, 6.45) is 1.94. The molecule has 1 aliphatic rings. The Hall–Kier alpha value is -0.450. The normalized spacial score (nSPS) is 20.1. The van der Waals surface area contributed by atoms with Crippen LogP contribution in [0.4, 0.5) is 5.82 Å². The Balaban J connectivity index is 2.10. The molecule has 0 radical (unpaired) electrons. The third kappa shape index (κ3) is 4.01. The standard InChI is InChI=1S/C14H22ClN3S/c1-10(2)16-7-12-6-13(15)14(17-8-12)18-4-5-19-9-11(18)3/h6,8,10-11,16H,4-5,7,9H2,1-3H3. The van der Waals surface area contributed by atoms with Gasteiger partial charge in [-0.25, -0.2) is 4.98 Å². The van der Waals surface area contributed by atoms with Crippen molar-refractivity contribution in [2.24, 2.45) is 0 Å². The maximum Gasteiger partial charge on any atom is 0.147 e. The quantitative estimate of drug-likeness (QED) is 0.924. The van der Waals surface area contributed by atoms with Gasteiger partial charge in [0.2, 0.25) is 0 Å². The molecule has 3 nitrogen and oxygen atoms in total. The zero-order chi connectivity index (χ0) is 13.8. The van der Waals surface area contributed by atoms with Gasteiger partial charge in [-0.05, 0) is 18.6 Å². The lowest BCUT2D eigenvalue weighted by atomic mass is 10.2. The molecule has 1 aromatic heterocycles. The van der Waals surface area contributed by atoms with Crippen molar-refractivity contribution in [2.45, 2.75) is 39.4 Å².